The van der Waals surface area contributed by atoms with E-state index in [4.69, 9.17) is 11.6 Å². The third kappa shape index (κ3) is 3.03. The topological polar surface area (TPSA) is 23.6 Å². The number of nitrogens with zero attached hydrogens (tertiary/aromatic N) is 2. The Balaban J connectivity index is 2.19. The van der Waals surface area contributed by atoms with Crippen molar-refractivity contribution in [2.45, 2.75) is 12.5 Å². The van der Waals surface area contributed by atoms with Crippen LogP contribution in [0.2, 0.25) is 0 Å². The number of benzene rings is 1. The Bertz CT molecular complexity index is 396. The normalized spacial score (nSPS) is 21.0. The number of rotatable bonds is 3. The van der Waals surface area contributed by atoms with Gasteiger partial charge >= 0.3 is 0 Å². The molecule has 1 aliphatic rings. The lowest BCUT2D eigenvalue weighted by Crippen LogP contribution is -2.49. The zero-order valence-corrected chi connectivity index (χ0v) is 11.4. The van der Waals surface area contributed by atoms with E-state index in [1.165, 1.54) is 5.56 Å². The smallest absolute Gasteiger partial charge is 0.224 e. The summed E-state index contributed by atoms with van der Waals surface area (Å²) >= 11 is 5.68. The van der Waals surface area contributed by atoms with Crippen molar-refractivity contribution in [3.8, 4) is 0 Å². The van der Waals surface area contributed by atoms with E-state index < -0.39 is 0 Å². The number of alkyl halides is 1. The summed E-state index contributed by atoms with van der Waals surface area (Å²) in [7, 11) is 2.10. The first-order chi connectivity index (χ1) is 8.72. The first-order valence-electron chi connectivity index (χ1n) is 6.31. The van der Waals surface area contributed by atoms with E-state index >= 15 is 0 Å². The van der Waals surface area contributed by atoms with Crippen LogP contribution in [0.5, 0.6) is 0 Å². The molecule has 3 nitrogen and oxygen atoms in total. The highest BCUT2D eigenvalue weighted by Gasteiger charge is 2.29. The Morgan fingerprint density at radius 2 is 2.06 bits per heavy atom. The molecule has 1 aliphatic heterocycles. The van der Waals surface area contributed by atoms with Crippen molar-refractivity contribution in [3.05, 3.63) is 35.9 Å². The summed E-state index contributed by atoms with van der Waals surface area (Å²) in [6.07, 6.45) is 0.425. The predicted octanol–water partition coefficient (Wildman–Crippen LogP) is 2.13. The quantitative estimate of drug-likeness (QED) is 0.783. The number of hydrogen-bond donors (Lipinski definition) is 0. The number of carbonyl (C=O) groups excluding carboxylic acids is 1. The molecule has 2 rings (SSSR count). The molecule has 0 saturated carbocycles. The predicted molar refractivity (Wildman–Crippen MR) is 73.7 cm³/mol. The minimum atomic E-state index is 0.153. The van der Waals surface area contributed by atoms with Crippen molar-refractivity contribution in [2.24, 2.45) is 0 Å². The number of halogens is 1. The molecule has 1 aromatic carbocycles. The lowest BCUT2D eigenvalue weighted by Gasteiger charge is -2.40. The van der Waals surface area contributed by atoms with Gasteiger partial charge in [-0.05, 0) is 12.6 Å². The maximum Gasteiger partial charge on any atom is 0.224 e. The van der Waals surface area contributed by atoms with E-state index in [1.54, 1.807) is 0 Å². The maximum atomic E-state index is 12.1. The van der Waals surface area contributed by atoms with Crippen molar-refractivity contribution >= 4 is 17.5 Å². The summed E-state index contributed by atoms with van der Waals surface area (Å²) < 4.78 is 0. The summed E-state index contributed by atoms with van der Waals surface area (Å²) in [6, 6.07) is 10.4. The zero-order valence-electron chi connectivity index (χ0n) is 10.7. The molecule has 1 saturated heterocycles. The highest BCUT2D eigenvalue weighted by molar-refractivity contribution is 6.18. The highest BCUT2D eigenvalue weighted by Crippen LogP contribution is 2.25. The van der Waals surface area contributed by atoms with Crippen LogP contribution >= 0.6 is 11.6 Å². The maximum absolute atomic E-state index is 12.1. The summed E-state index contributed by atoms with van der Waals surface area (Å²) in [5.74, 6) is 0.555. The molecule has 0 aliphatic carbocycles. The summed E-state index contributed by atoms with van der Waals surface area (Å²) in [5, 5.41) is 0. The van der Waals surface area contributed by atoms with Crippen LogP contribution in [-0.2, 0) is 4.79 Å². The SMILES string of the molecule is CN1CCN(C(=O)CCCl)C(c2ccccc2)C1. The standard InChI is InChI=1S/C14H19ClN2O/c1-16-9-10-17(14(18)7-8-15)13(11-16)12-5-3-2-4-6-12/h2-6,13H,7-11H2,1H3. The van der Waals surface area contributed by atoms with Gasteiger partial charge in [-0.15, -0.1) is 11.6 Å². The molecule has 1 atom stereocenters. The Kier molecular flexibility index (Phi) is 4.61. The van der Waals surface area contributed by atoms with Crippen LogP contribution in [0.15, 0.2) is 30.3 Å². The Morgan fingerprint density at radius 3 is 2.72 bits per heavy atom. The molecule has 4 heteroatoms. The first-order valence-corrected chi connectivity index (χ1v) is 6.84. The minimum absolute atomic E-state index is 0.153. The van der Waals surface area contributed by atoms with Crippen LogP contribution in [0, 0.1) is 0 Å². The number of carbonyl (C=O) groups is 1. The summed E-state index contributed by atoms with van der Waals surface area (Å²) in [5.41, 5.74) is 1.20. The summed E-state index contributed by atoms with van der Waals surface area (Å²) in [6.45, 7) is 2.60. The lowest BCUT2D eigenvalue weighted by molar-refractivity contribution is -0.135. The van der Waals surface area contributed by atoms with Crippen molar-refractivity contribution < 1.29 is 4.79 Å². The van der Waals surface area contributed by atoms with Crippen molar-refractivity contribution in [1.29, 1.82) is 0 Å². The number of piperazine rings is 1. The number of likely N-dealkylation sites (N-methyl/N-ethyl adjacent to an activating group) is 1. The molecule has 1 fully saturated rings. The first kappa shape index (κ1) is 13.4. The molecule has 1 unspecified atom stereocenters. The van der Waals surface area contributed by atoms with Crippen LogP contribution < -0.4 is 0 Å². The Morgan fingerprint density at radius 1 is 1.33 bits per heavy atom. The molecule has 1 heterocycles. The van der Waals surface area contributed by atoms with E-state index in [2.05, 4.69) is 24.1 Å². The largest absolute Gasteiger partial charge is 0.333 e. The Labute approximate surface area is 113 Å². The van der Waals surface area contributed by atoms with Gasteiger partial charge in [-0.25, -0.2) is 0 Å². The molecule has 98 valence electrons. The van der Waals surface area contributed by atoms with Gasteiger partial charge in [-0.2, -0.15) is 0 Å². The molecular weight excluding hydrogens is 248 g/mol. The Hall–Kier alpha value is -1.06. The lowest BCUT2D eigenvalue weighted by atomic mass is 10.0. The monoisotopic (exact) mass is 266 g/mol. The van der Waals surface area contributed by atoms with Crippen molar-refractivity contribution in [2.75, 3.05) is 32.6 Å². The van der Waals surface area contributed by atoms with Crippen LogP contribution in [0.1, 0.15) is 18.0 Å². The van der Waals surface area contributed by atoms with Crippen LogP contribution in [-0.4, -0.2) is 48.3 Å². The highest BCUT2D eigenvalue weighted by atomic mass is 35.5. The van der Waals surface area contributed by atoms with Gasteiger partial charge in [0.2, 0.25) is 5.91 Å². The van der Waals surface area contributed by atoms with Crippen LogP contribution in [0.4, 0.5) is 0 Å². The molecule has 0 aromatic heterocycles. The van der Waals surface area contributed by atoms with Crippen LogP contribution in [0.3, 0.4) is 0 Å². The molecule has 0 spiro atoms. The van der Waals surface area contributed by atoms with E-state index in [-0.39, 0.29) is 11.9 Å². The van der Waals surface area contributed by atoms with Gasteiger partial charge in [0, 0.05) is 31.9 Å². The van der Waals surface area contributed by atoms with Gasteiger partial charge in [-0.1, -0.05) is 30.3 Å². The number of hydrogen-bond acceptors (Lipinski definition) is 2. The van der Waals surface area contributed by atoms with Gasteiger partial charge in [0.15, 0.2) is 0 Å². The van der Waals surface area contributed by atoms with E-state index in [0.29, 0.717) is 12.3 Å². The number of amides is 1. The van der Waals surface area contributed by atoms with Gasteiger partial charge in [-0.3, -0.25) is 4.79 Å². The molecule has 1 amide bonds. The fraction of sp³-hybridized carbons (Fsp3) is 0.500. The van der Waals surface area contributed by atoms with Gasteiger partial charge < -0.3 is 9.80 Å². The molecule has 18 heavy (non-hydrogen) atoms. The molecule has 1 aromatic rings. The second kappa shape index (κ2) is 6.21. The fourth-order valence-electron chi connectivity index (χ4n) is 2.40. The fourth-order valence-corrected chi connectivity index (χ4v) is 2.56. The molecule has 0 N–H and O–H groups in total. The molecule has 0 bridgehead atoms. The average molecular weight is 267 g/mol. The van der Waals surface area contributed by atoms with Crippen molar-refractivity contribution in [3.63, 3.8) is 0 Å². The van der Waals surface area contributed by atoms with Gasteiger partial charge in [0.1, 0.15) is 0 Å². The van der Waals surface area contributed by atoms with Crippen molar-refractivity contribution in [1.82, 2.24) is 9.80 Å². The van der Waals surface area contributed by atoms with E-state index in [0.717, 1.165) is 19.6 Å². The average Bonchev–Trinajstić information content (AvgIpc) is 2.40. The zero-order chi connectivity index (χ0) is 13.0. The minimum Gasteiger partial charge on any atom is -0.333 e. The molecule has 0 radical (unpaired) electrons. The van der Waals surface area contributed by atoms with Crippen LogP contribution in [0.25, 0.3) is 0 Å². The van der Waals surface area contributed by atoms with Gasteiger partial charge in [0.05, 0.1) is 6.04 Å². The third-order valence-electron chi connectivity index (χ3n) is 3.40. The summed E-state index contributed by atoms with van der Waals surface area (Å²) in [4.78, 5) is 16.3. The second-order valence-corrected chi connectivity index (χ2v) is 5.09. The van der Waals surface area contributed by atoms with E-state index in [9.17, 15) is 4.79 Å². The van der Waals surface area contributed by atoms with E-state index in [1.807, 2.05) is 23.1 Å². The second-order valence-electron chi connectivity index (χ2n) is 4.71. The van der Waals surface area contributed by atoms with Gasteiger partial charge in [0.25, 0.3) is 0 Å². The third-order valence-corrected chi connectivity index (χ3v) is 3.59. The molecular formula is C14H19ClN2O.